The maximum atomic E-state index is 11.4. The molecule has 0 bridgehead atoms. The summed E-state index contributed by atoms with van der Waals surface area (Å²) in [5.74, 6) is 0.656. The highest BCUT2D eigenvalue weighted by molar-refractivity contribution is 5.90. The number of ether oxygens (including phenoxy) is 3. The third kappa shape index (κ3) is 3.02. The summed E-state index contributed by atoms with van der Waals surface area (Å²) in [5.41, 5.74) is 0.390. The summed E-state index contributed by atoms with van der Waals surface area (Å²) in [5, 5.41) is 0. The minimum Gasteiger partial charge on any atom is -0.497 e. The lowest BCUT2D eigenvalue weighted by atomic mass is 10.2. The smallest absolute Gasteiger partial charge is 0.338 e. The number of methoxy groups -OCH3 is 2. The predicted octanol–water partition coefficient (Wildman–Crippen LogP) is 2.05. The van der Waals surface area contributed by atoms with Crippen molar-refractivity contribution in [1.82, 2.24) is 0 Å². The van der Waals surface area contributed by atoms with Crippen LogP contribution in [0, 0.1) is 0 Å². The van der Waals surface area contributed by atoms with Gasteiger partial charge in [0.05, 0.1) is 19.8 Å². The van der Waals surface area contributed by atoms with Gasteiger partial charge in [-0.15, -0.1) is 0 Å². The quantitative estimate of drug-likeness (QED) is 0.565. The second kappa shape index (κ2) is 5.80. The van der Waals surface area contributed by atoms with E-state index >= 15 is 0 Å². The second-order valence-electron chi connectivity index (χ2n) is 2.99. The fourth-order valence-corrected chi connectivity index (χ4v) is 1.16. The first-order valence-corrected chi connectivity index (χ1v) is 4.72. The summed E-state index contributed by atoms with van der Waals surface area (Å²) in [6, 6.07) is 4.88. The van der Waals surface area contributed by atoms with Gasteiger partial charge in [-0.3, -0.25) is 0 Å². The molecule has 0 amide bonds. The van der Waals surface area contributed by atoms with Gasteiger partial charge in [0.25, 0.3) is 0 Å². The molecule has 1 aromatic rings. The van der Waals surface area contributed by atoms with Gasteiger partial charge < -0.3 is 14.2 Å². The van der Waals surface area contributed by atoms with E-state index in [4.69, 9.17) is 9.47 Å². The minimum absolute atomic E-state index is 0.369. The maximum Gasteiger partial charge on any atom is 0.338 e. The average Bonchev–Trinajstić information content (AvgIpc) is 2.34. The molecule has 0 saturated heterocycles. The molecule has 1 rings (SSSR count). The van der Waals surface area contributed by atoms with Gasteiger partial charge >= 0.3 is 5.97 Å². The number of rotatable bonds is 5. The molecule has 0 aliphatic rings. The van der Waals surface area contributed by atoms with Crippen LogP contribution in [0.3, 0.4) is 0 Å². The van der Waals surface area contributed by atoms with Crippen molar-refractivity contribution < 1.29 is 19.0 Å². The van der Waals surface area contributed by atoms with Crippen LogP contribution >= 0.6 is 0 Å². The van der Waals surface area contributed by atoms with Gasteiger partial charge in [0, 0.05) is 6.07 Å². The predicted molar refractivity (Wildman–Crippen MR) is 60.0 cm³/mol. The van der Waals surface area contributed by atoms with Crippen LogP contribution in [0.2, 0.25) is 0 Å². The molecule has 4 nitrogen and oxygen atoms in total. The number of benzene rings is 1. The van der Waals surface area contributed by atoms with E-state index in [1.807, 2.05) is 0 Å². The topological polar surface area (TPSA) is 44.8 Å². The van der Waals surface area contributed by atoms with E-state index in [-0.39, 0.29) is 0 Å². The first kappa shape index (κ1) is 12.1. The molecule has 16 heavy (non-hydrogen) atoms. The molecule has 0 radical (unpaired) electrons. The fourth-order valence-electron chi connectivity index (χ4n) is 1.16. The van der Waals surface area contributed by atoms with Crippen LogP contribution in [0.4, 0.5) is 0 Å². The first-order chi connectivity index (χ1) is 7.71. The van der Waals surface area contributed by atoms with E-state index in [9.17, 15) is 4.79 Å². The van der Waals surface area contributed by atoms with Crippen molar-refractivity contribution in [3.63, 3.8) is 0 Å². The van der Waals surface area contributed by atoms with Crippen LogP contribution in [0.1, 0.15) is 10.4 Å². The highest BCUT2D eigenvalue weighted by Crippen LogP contribution is 2.23. The minimum atomic E-state index is -0.428. The van der Waals surface area contributed by atoms with Crippen molar-refractivity contribution in [3.8, 4) is 11.5 Å². The van der Waals surface area contributed by atoms with Gasteiger partial charge in [-0.2, -0.15) is 0 Å². The third-order valence-corrected chi connectivity index (χ3v) is 1.90. The Labute approximate surface area is 94.4 Å². The molecule has 0 heterocycles. The lowest BCUT2D eigenvalue weighted by molar-refractivity contribution is 0.0600. The van der Waals surface area contributed by atoms with E-state index in [0.29, 0.717) is 23.7 Å². The number of hydrogen-bond donors (Lipinski definition) is 0. The highest BCUT2D eigenvalue weighted by Gasteiger charge is 2.09. The van der Waals surface area contributed by atoms with E-state index in [1.54, 1.807) is 24.3 Å². The van der Waals surface area contributed by atoms with E-state index in [0.717, 1.165) is 0 Å². The fraction of sp³-hybridized carbons (Fsp3) is 0.250. The van der Waals surface area contributed by atoms with Gasteiger partial charge in [-0.25, -0.2) is 4.79 Å². The lowest BCUT2D eigenvalue weighted by Crippen LogP contribution is -2.03. The summed E-state index contributed by atoms with van der Waals surface area (Å²) in [4.78, 5) is 11.4. The number of hydrogen-bond acceptors (Lipinski definition) is 4. The van der Waals surface area contributed by atoms with Crippen molar-refractivity contribution in [2.24, 2.45) is 0 Å². The van der Waals surface area contributed by atoms with Crippen LogP contribution < -0.4 is 9.47 Å². The Hall–Kier alpha value is -1.97. The second-order valence-corrected chi connectivity index (χ2v) is 2.99. The molecule has 0 atom stereocenters. The van der Waals surface area contributed by atoms with E-state index in [1.165, 1.54) is 14.2 Å². The van der Waals surface area contributed by atoms with Crippen LogP contribution in [-0.4, -0.2) is 26.8 Å². The van der Waals surface area contributed by atoms with Crippen molar-refractivity contribution in [3.05, 3.63) is 36.4 Å². The Balaban J connectivity index is 3.00. The van der Waals surface area contributed by atoms with Gasteiger partial charge in [-0.1, -0.05) is 12.7 Å². The van der Waals surface area contributed by atoms with Crippen LogP contribution in [0.5, 0.6) is 11.5 Å². The highest BCUT2D eigenvalue weighted by atomic mass is 16.5. The normalized spacial score (nSPS) is 9.38. The summed E-state index contributed by atoms with van der Waals surface area (Å²) in [6.07, 6.45) is 1.62. The molecule has 0 unspecified atom stereocenters. The molecule has 0 aliphatic carbocycles. The summed E-state index contributed by atoms with van der Waals surface area (Å²) < 4.78 is 15.0. The van der Waals surface area contributed by atoms with Gasteiger partial charge in [0.15, 0.2) is 0 Å². The van der Waals surface area contributed by atoms with Crippen LogP contribution in [0.15, 0.2) is 30.9 Å². The number of carbonyl (C=O) groups excluding carboxylic acids is 1. The lowest BCUT2D eigenvalue weighted by Gasteiger charge is -2.08. The molecule has 0 saturated carbocycles. The monoisotopic (exact) mass is 222 g/mol. The van der Waals surface area contributed by atoms with Gasteiger partial charge in [0.2, 0.25) is 0 Å². The molecule has 4 heteroatoms. The van der Waals surface area contributed by atoms with Crippen molar-refractivity contribution >= 4 is 5.97 Å². The molecular formula is C12H14O4. The zero-order valence-electron chi connectivity index (χ0n) is 9.36. The molecule has 0 aliphatic heterocycles. The molecule has 86 valence electrons. The number of esters is 1. The zero-order chi connectivity index (χ0) is 12.0. The van der Waals surface area contributed by atoms with Gasteiger partial charge in [-0.05, 0) is 12.1 Å². The molecule has 0 fully saturated rings. The maximum absolute atomic E-state index is 11.4. The largest absolute Gasteiger partial charge is 0.497 e. The Morgan fingerprint density at radius 3 is 2.56 bits per heavy atom. The van der Waals surface area contributed by atoms with Crippen molar-refractivity contribution in [1.29, 1.82) is 0 Å². The first-order valence-electron chi connectivity index (χ1n) is 4.72. The van der Waals surface area contributed by atoms with E-state index in [2.05, 4.69) is 11.3 Å². The van der Waals surface area contributed by atoms with Crippen LogP contribution in [0.25, 0.3) is 0 Å². The zero-order valence-corrected chi connectivity index (χ0v) is 9.36. The summed E-state index contributed by atoms with van der Waals surface area (Å²) in [6.45, 7) is 3.91. The Bertz CT molecular complexity index is 385. The van der Waals surface area contributed by atoms with Gasteiger partial charge in [0.1, 0.15) is 18.1 Å². The summed E-state index contributed by atoms with van der Waals surface area (Å²) in [7, 11) is 2.85. The number of carbonyl (C=O) groups is 1. The Kier molecular flexibility index (Phi) is 4.39. The average molecular weight is 222 g/mol. The molecule has 0 spiro atoms. The molecular weight excluding hydrogens is 208 g/mol. The molecule has 1 aromatic carbocycles. The van der Waals surface area contributed by atoms with E-state index < -0.39 is 5.97 Å². The third-order valence-electron chi connectivity index (χ3n) is 1.90. The Morgan fingerprint density at radius 1 is 1.31 bits per heavy atom. The SMILES string of the molecule is C=CCOc1cc(OC)cc(C(=O)OC)c1. The van der Waals surface area contributed by atoms with Crippen molar-refractivity contribution in [2.75, 3.05) is 20.8 Å². The summed E-state index contributed by atoms with van der Waals surface area (Å²) >= 11 is 0. The molecule has 0 aromatic heterocycles. The molecule has 0 N–H and O–H groups in total. The Morgan fingerprint density at radius 2 is 2.00 bits per heavy atom. The van der Waals surface area contributed by atoms with Crippen molar-refractivity contribution in [2.45, 2.75) is 0 Å². The standard InChI is InChI=1S/C12H14O4/c1-4-5-16-11-7-9(12(13)15-3)6-10(8-11)14-2/h4,6-8H,1,5H2,2-3H3. The van der Waals surface area contributed by atoms with Crippen LogP contribution in [-0.2, 0) is 4.74 Å².